The molecule has 17 heavy (non-hydrogen) atoms. The number of nitrogens with zero attached hydrogens (tertiary/aromatic N) is 2. The van der Waals surface area contributed by atoms with E-state index in [1.165, 1.54) is 5.56 Å². The number of nitrogens with two attached hydrogens (primary N) is 1. The summed E-state index contributed by atoms with van der Waals surface area (Å²) < 4.78 is 2.85. The molecule has 2 aromatic rings. The van der Waals surface area contributed by atoms with E-state index in [0.717, 1.165) is 36.0 Å². The molecule has 0 spiro atoms. The van der Waals surface area contributed by atoms with Crippen LogP contribution in [0, 0.1) is 0 Å². The van der Waals surface area contributed by atoms with Crippen LogP contribution in [0.1, 0.15) is 18.4 Å². The molecule has 0 saturated heterocycles. The number of hydrogen-bond acceptors (Lipinski definition) is 2. The fraction of sp³-hybridized carbons (Fsp3) is 0.308. The predicted molar refractivity (Wildman–Crippen MR) is 73.3 cm³/mol. The lowest BCUT2D eigenvalue weighted by molar-refractivity contribution is 0.744. The SMILES string of the molecule is NCCCCc1ccc(-n2cc(Br)cn2)cc1. The van der Waals surface area contributed by atoms with Crippen LogP contribution >= 0.6 is 15.9 Å². The standard InChI is InChI=1S/C13H16BrN3/c14-12-9-16-17(10-12)13-6-4-11(5-7-13)3-1-2-8-15/h4-7,9-10H,1-3,8,15H2. The highest BCUT2D eigenvalue weighted by atomic mass is 79.9. The van der Waals surface area contributed by atoms with Crippen LogP contribution in [0.3, 0.4) is 0 Å². The van der Waals surface area contributed by atoms with Gasteiger partial charge in [-0.2, -0.15) is 5.10 Å². The molecular formula is C13H16BrN3. The molecular weight excluding hydrogens is 278 g/mol. The molecule has 2 N–H and O–H groups in total. The second kappa shape index (κ2) is 5.98. The van der Waals surface area contributed by atoms with Crippen LogP contribution in [0.5, 0.6) is 0 Å². The molecule has 0 aliphatic rings. The van der Waals surface area contributed by atoms with E-state index in [-0.39, 0.29) is 0 Å². The quantitative estimate of drug-likeness (QED) is 0.862. The zero-order valence-electron chi connectivity index (χ0n) is 9.64. The Hall–Kier alpha value is -1.13. The van der Waals surface area contributed by atoms with E-state index in [9.17, 15) is 0 Å². The molecule has 0 aliphatic carbocycles. The Kier molecular flexibility index (Phi) is 4.34. The summed E-state index contributed by atoms with van der Waals surface area (Å²) in [5, 5.41) is 4.24. The van der Waals surface area contributed by atoms with Crippen molar-refractivity contribution in [3.05, 3.63) is 46.7 Å². The smallest absolute Gasteiger partial charge is 0.0646 e. The highest BCUT2D eigenvalue weighted by Crippen LogP contribution is 2.14. The number of benzene rings is 1. The van der Waals surface area contributed by atoms with Crippen molar-refractivity contribution in [3.8, 4) is 5.69 Å². The first kappa shape index (κ1) is 12.3. The van der Waals surface area contributed by atoms with Crippen molar-refractivity contribution in [3.63, 3.8) is 0 Å². The summed E-state index contributed by atoms with van der Waals surface area (Å²) in [6, 6.07) is 8.50. The van der Waals surface area contributed by atoms with Gasteiger partial charge in [0.05, 0.1) is 16.4 Å². The van der Waals surface area contributed by atoms with Crippen molar-refractivity contribution >= 4 is 15.9 Å². The van der Waals surface area contributed by atoms with Gasteiger partial charge in [0, 0.05) is 6.20 Å². The largest absolute Gasteiger partial charge is 0.330 e. The van der Waals surface area contributed by atoms with Gasteiger partial charge < -0.3 is 5.73 Å². The second-order valence-electron chi connectivity index (χ2n) is 4.02. The van der Waals surface area contributed by atoms with Crippen LogP contribution in [-0.2, 0) is 6.42 Å². The molecule has 2 rings (SSSR count). The average Bonchev–Trinajstić information content (AvgIpc) is 2.77. The van der Waals surface area contributed by atoms with Crippen molar-refractivity contribution in [2.45, 2.75) is 19.3 Å². The van der Waals surface area contributed by atoms with Crippen molar-refractivity contribution in [2.75, 3.05) is 6.54 Å². The van der Waals surface area contributed by atoms with Gasteiger partial charge in [-0.3, -0.25) is 0 Å². The van der Waals surface area contributed by atoms with Gasteiger partial charge in [0.1, 0.15) is 0 Å². The fourth-order valence-corrected chi connectivity index (χ4v) is 2.02. The maximum absolute atomic E-state index is 5.48. The van der Waals surface area contributed by atoms with Crippen molar-refractivity contribution in [1.82, 2.24) is 9.78 Å². The third-order valence-electron chi connectivity index (χ3n) is 2.67. The molecule has 3 nitrogen and oxygen atoms in total. The van der Waals surface area contributed by atoms with Gasteiger partial charge in [-0.1, -0.05) is 12.1 Å². The summed E-state index contributed by atoms with van der Waals surface area (Å²) in [7, 11) is 0. The van der Waals surface area contributed by atoms with E-state index in [0.29, 0.717) is 0 Å². The van der Waals surface area contributed by atoms with Crippen molar-refractivity contribution in [2.24, 2.45) is 5.73 Å². The number of aryl methyl sites for hydroxylation is 1. The van der Waals surface area contributed by atoms with Gasteiger partial charge in [0.2, 0.25) is 0 Å². The molecule has 0 aliphatic heterocycles. The van der Waals surface area contributed by atoms with Crippen LogP contribution in [0.25, 0.3) is 5.69 Å². The molecule has 1 heterocycles. The van der Waals surface area contributed by atoms with Crippen LogP contribution in [-0.4, -0.2) is 16.3 Å². The summed E-state index contributed by atoms with van der Waals surface area (Å²) in [4.78, 5) is 0. The Morgan fingerprint density at radius 3 is 2.53 bits per heavy atom. The normalized spacial score (nSPS) is 10.7. The Morgan fingerprint density at radius 2 is 1.94 bits per heavy atom. The Balaban J connectivity index is 2.02. The highest BCUT2D eigenvalue weighted by molar-refractivity contribution is 9.10. The molecule has 0 atom stereocenters. The summed E-state index contributed by atoms with van der Waals surface area (Å²) >= 11 is 3.39. The number of aromatic nitrogens is 2. The first-order chi connectivity index (χ1) is 8.29. The molecule has 0 radical (unpaired) electrons. The minimum absolute atomic E-state index is 0.777. The Morgan fingerprint density at radius 1 is 1.18 bits per heavy atom. The topological polar surface area (TPSA) is 43.8 Å². The summed E-state index contributed by atoms with van der Waals surface area (Å²) in [5.41, 5.74) is 7.92. The zero-order valence-corrected chi connectivity index (χ0v) is 11.2. The van der Waals surface area contributed by atoms with Crippen LogP contribution in [0.4, 0.5) is 0 Å². The molecule has 90 valence electrons. The predicted octanol–water partition coefficient (Wildman–Crippen LogP) is 2.92. The van der Waals surface area contributed by atoms with E-state index in [2.05, 4.69) is 45.3 Å². The molecule has 0 amide bonds. The minimum Gasteiger partial charge on any atom is -0.330 e. The summed E-state index contributed by atoms with van der Waals surface area (Å²) in [5.74, 6) is 0. The fourth-order valence-electron chi connectivity index (χ4n) is 1.73. The van der Waals surface area contributed by atoms with Gasteiger partial charge in [-0.15, -0.1) is 0 Å². The number of rotatable bonds is 5. The minimum atomic E-state index is 0.777. The Labute approximate surface area is 110 Å². The molecule has 1 aromatic carbocycles. The van der Waals surface area contributed by atoms with E-state index in [4.69, 9.17) is 5.73 Å². The van der Waals surface area contributed by atoms with Crippen LogP contribution in [0.15, 0.2) is 41.1 Å². The van der Waals surface area contributed by atoms with E-state index < -0.39 is 0 Å². The van der Waals surface area contributed by atoms with E-state index in [1.54, 1.807) is 6.20 Å². The number of hydrogen-bond donors (Lipinski definition) is 1. The lowest BCUT2D eigenvalue weighted by Crippen LogP contribution is -1.99. The average molecular weight is 294 g/mol. The molecule has 1 aromatic heterocycles. The van der Waals surface area contributed by atoms with Crippen LogP contribution < -0.4 is 5.73 Å². The van der Waals surface area contributed by atoms with Crippen molar-refractivity contribution in [1.29, 1.82) is 0 Å². The molecule has 0 unspecified atom stereocenters. The van der Waals surface area contributed by atoms with Gasteiger partial charge in [-0.25, -0.2) is 4.68 Å². The number of halogens is 1. The van der Waals surface area contributed by atoms with Crippen LogP contribution in [0.2, 0.25) is 0 Å². The molecule has 0 saturated carbocycles. The second-order valence-corrected chi connectivity index (χ2v) is 4.93. The van der Waals surface area contributed by atoms with E-state index in [1.807, 2.05) is 10.9 Å². The highest BCUT2D eigenvalue weighted by Gasteiger charge is 1.99. The lowest BCUT2D eigenvalue weighted by Gasteiger charge is -2.04. The van der Waals surface area contributed by atoms with Gasteiger partial charge in [0.15, 0.2) is 0 Å². The number of unbranched alkanes of at least 4 members (excludes halogenated alkanes) is 1. The summed E-state index contributed by atoms with van der Waals surface area (Å²) in [6.07, 6.45) is 7.08. The maximum Gasteiger partial charge on any atom is 0.0646 e. The third-order valence-corrected chi connectivity index (χ3v) is 3.08. The Bertz CT molecular complexity index is 462. The molecule has 0 fully saturated rings. The van der Waals surface area contributed by atoms with Crippen molar-refractivity contribution < 1.29 is 0 Å². The summed E-state index contributed by atoms with van der Waals surface area (Å²) in [6.45, 7) is 0.777. The lowest BCUT2D eigenvalue weighted by atomic mass is 10.1. The van der Waals surface area contributed by atoms with Gasteiger partial charge >= 0.3 is 0 Å². The first-order valence-electron chi connectivity index (χ1n) is 5.79. The molecule has 4 heteroatoms. The van der Waals surface area contributed by atoms with Gasteiger partial charge in [0.25, 0.3) is 0 Å². The van der Waals surface area contributed by atoms with E-state index >= 15 is 0 Å². The maximum atomic E-state index is 5.48. The first-order valence-corrected chi connectivity index (χ1v) is 6.58. The monoisotopic (exact) mass is 293 g/mol. The van der Waals surface area contributed by atoms with Gasteiger partial charge in [-0.05, 0) is 59.4 Å². The molecule has 0 bridgehead atoms. The zero-order chi connectivity index (χ0) is 12.1. The third kappa shape index (κ3) is 3.41.